The number of nitrogens with one attached hydrogen (secondary N) is 2. The van der Waals surface area contributed by atoms with Crippen LogP contribution in [0.15, 0.2) is 33.9 Å². The molecular formula is C87H117K2LiN8O36. The number of non-ortho nitro benzene ring substituents is 1. The summed E-state index contributed by atoms with van der Waals surface area (Å²) in [6, 6.07) is 5.78. The van der Waals surface area contributed by atoms with Crippen molar-refractivity contribution in [2.75, 3.05) is 66.1 Å². The van der Waals surface area contributed by atoms with E-state index < -0.39 is 102 Å². The van der Waals surface area contributed by atoms with Crippen LogP contribution in [0.25, 0.3) is 11.2 Å². The maximum Gasteiger partial charge on any atom is 1.00 e. The number of imidazole rings is 1. The molecule has 13 fully saturated rings. The standard InChI is InChI=1S/C21H23N5O6.C13H18O5.C12H13NO6.C10H14O3.2C9H12O4.C7H10O4.C2H8N2.C2H.CH2O3.CH4O.2K.Li.H/c1-6-8-11(3)14-10-15(31-13(5)28)19(32-14)26-17-16(25(9-7-2)21(26)30)18(29)24-20(23-17)22-12(4)27;1-5-6-8(2)11-7-12(16-9(3)14)13(18-11)17-10(4)15;14-11(7-1-3-8(4-2-7)13(15)16)9-5-10-12(19-9)18-6-17-10;1-3-4-7(2)8-5-9-10(13-8)12-6-11-9;2*1-2-3-6(10)7-4-8-9(13-7)12-5-11-8;1-4(6-2-8-6)11-7-5(1)9-3-10-7;3-1-2-4;1-2;2-1-4-3;1-2;;;;/h1-2,11,14-15,19H,8-10H2,3-5H3,(H2,22,23,24,27,29);1,8,11-13H,6-7H2,2-4H3;1-4,9-12,14H,5-6H2;1,7-10H,4-6H2,2H3;2*1,6-10H,3-5H2;4-7H,1-3H2;1-4H2;1H;1,3H;2H,1H3;;;;/q;;;;;;;;-1;;;3*+1;-1/p-1/t11-,14-,15+,19+;8-,11-,12+,13?;9-,10+,11-,12-;7-,8-,9+,10-;6-,7+,8-,9+;6-,7-,8+,9-;4-,5+,6+,7-;;;;;;;;/m0000100......../s1. The predicted molar refractivity (Wildman–Crippen MR) is 450 cm³/mol. The Hall–Kier alpha value is -6.09. The van der Waals surface area contributed by atoms with Gasteiger partial charge in [-0.2, -0.15) is 4.98 Å². The fourth-order valence-electron chi connectivity index (χ4n) is 14.8. The summed E-state index contributed by atoms with van der Waals surface area (Å²) >= 11 is 0. The molecule has 1 aromatic carbocycles. The molecule has 15 heterocycles. The van der Waals surface area contributed by atoms with Gasteiger partial charge in [0.1, 0.15) is 48.8 Å². The summed E-state index contributed by atoms with van der Waals surface area (Å²) in [4.78, 5) is 99.1. The van der Waals surface area contributed by atoms with Crippen LogP contribution in [0.4, 0.5) is 11.6 Å². The number of terminal acetylenes is 7. The van der Waals surface area contributed by atoms with E-state index in [1.54, 1.807) is 0 Å². The number of aromatic nitrogens is 4. The number of esters is 3. The first-order valence-electron chi connectivity index (χ1n) is 41.6. The van der Waals surface area contributed by atoms with Crippen molar-refractivity contribution < 1.29 is 282 Å². The van der Waals surface area contributed by atoms with E-state index in [2.05, 4.69) is 69.0 Å². The van der Waals surface area contributed by atoms with Crippen molar-refractivity contribution >= 4 is 53.1 Å². The van der Waals surface area contributed by atoms with Gasteiger partial charge in [-0.15, -0.1) is 68.1 Å². The number of amides is 1. The van der Waals surface area contributed by atoms with Gasteiger partial charge in [-0.3, -0.25) is 53.7 Å². The van der Waals surface area contributed by atoms with Crippen LogP contribution in [0.1, 0.15) is 145 Å². The van der Waals surface area contributed by atoms with E-state index >= 15 is 0 Å². The summed E-state index contributed by atoms with van der Waals surface area (Å²) < 4.78 is 114. The molecule has 724 valence electrons. The van der Waals surface area contributed by atoms with E-state index in [4.69, 9.17) is 171 Å². The number of nitrogens with zero attached hydrogens (tertiary/aromatic N) is 4. The molecule has 0 radical (unpaired) electrons. The Balaban J connectivity index is 0.000000533. The number of nitro benzene ring substituents is 1. The number of aromatic amines is 1. The molecule has 0 bridgehead atoms. The van der Waals surface area contributed by atoms with Crippen molar-refractivity contribution in [3.8, 4) is 80.5 Å². The third-order valence-electron chi connectivity index (χ3n) is 21.2. The second-order valence-electron chi connectivity index (χ2n) is 30.6. The van der Waals surface area contributed by atoms with Crippen molar-refractivity contribution in [2.24, 2.45) is 29.2 Å². The van der Waals surface area contributed by atoms with E-state index in [1.165, 1.54) is 52.0 Å². The number of nitro groups is 1. The van der Waals surface area contributed by atoms with Gasteiger partial charge in [-0.1, -0.05) is 26.7 Å². The van der Waals surface area contributed by atoms with Crippen LogP contribution >= 0.6 is 0 Å². The smallest absolute Gasteiger partial charge is 1.00 e. The van der Waals surface area contributed by atoms with Gasteiger partial charge in [0.25, 0.3) is 17.7 Å². The Kier molecular flexibility index (Phi) is 58.6. The first-order chi connectivity index (χ1) is 62.9. The third-order valence-corrected chi connectivity index (χ3v) is 21.2. The van der Waals surface area contributed by atoms with Crippen LogP contribution in [0.2, 0.25) is 0 Å². The number of benzene rings is 1. The largest absolute Gasteiger partial charge is 1.00 e. The molecule has 134 heavy (non-hydrogen) atoms. The van der Waals surface area contributed by atoms with Crippen molar-refractivity contribution in [3.05, 3.63) is 67.2 Å². The molecule has 44 nitrogen and oxygen atoms in total. The number of carbonyl (C=O) groups excluding carboxylic acids is 5. The van der Waals surface area contributed by atoms with E-state index in [0.717, 1.165) is 42.1 Å². The third kappa shape index (κ3) is 37.5. The monoisotopic (exact) mass is 1930 g/mol. The number of rotatable bonds is 22. The van der Waals surface area contributed by atoms with Gasteiger partial charge in [0.05, 0.1) is 73.0 Å². The quantitative estimate of drug-likeness (QED) is 0.00442. The van der Waals surface area contributed by atoms with Gasteiger partial charge in [-0.05, 0) is 35.4 Å². The zero-order chi connectivity index (χ0) is 96.6. The number of epoxide rings is 1. The molecule has 3 aromatic rings. The minimum atomic E-state index is -1.07. The number of ether oxygens (including phenoxy) is 21. The maximum atomic E-state index is 13.3. The summed E-state index contributed by atoms with van der Waals surface area (Å²) in [5, 5.41) is 57.6. The number of hydrogen-bond donors (Lipinski definition) is 8. The van der Waals surface area contributed by atoms with E-state index in [0.29, 0.717) is 102 Å². The zero-order valence-corrected chi connectivity index (χ0v) is 83.0. The maximum absolute atomic E-state index is 13.3. The van der Waals surface area contributed by atoms with Crippen LogP contribution in [-0.2, 0) is 135 Å². The molecule has 13 aliphatic rings. The SMILES string of the molecule is C#CC[C@@H](O)[C@@H]1C[C@H]2OCO[C@H]2O1.C#CC[C@H](C)[C@@H]1C[C@@H](OC(C)=O)C(OC(C)=O)O1.C#CC[C@H](C)[C@@H]1C[C@@H](OC(C)=O)[C@H](n2c(=O)n(CC#C)c3c(=O)[nH]c(NC(C)=O)nc32)O1.C#CC[C@H](C)[C@@H]1C[C@H]2OCO[C@H]2O1.C#CC[C@H](O)[C@@H]1C[C@H]2OCO[C@H]2O1.C1O[C@H]2O[C@H]([C@H]3CO3)C[C@H]2O1.CO.NCCN.O=CO[O-].O=[N+]([O-])c1ccc([C@H](O)[C@@H]2C[C@H]3OCO[C@H]3O2)cc1.[C-]#C.[H-].[K+].[K+].[Li+]. The average Bonchev–Trinajstić information content (AvgIpc) is 1.58. The second-order valence-corrected chi connectivity index (χ2v) is 30.6. The molecule has 1 unspecified atom stereocenters. The molecule has 13 saturated heterocycles. The second kappa shape index (κ2) is 64.3. The average molecular weight is 1940 g/mol. The van der Waals surface area contributed by atoms with Crippen LogP contribution in [-0.4, -0.2) is 277 Å². The number of aliphatic hydroxyl groups is 4. The minimum absolute atomic E-state index is 0. The summed E-state index contributed by atoms with van der Waals surface area (Å²) in [6.45, 7) is 14.2. The Bertz CT molecular complexity index is 4320. The van der Waals surface area contributed by atoms with E-state index in [9.17, 15) is 54.2 Å². The van der Waals surface area contributed by atoms with Crippen LogP contribution in [0.3, 0.4) is 0 Å². The Morgan fingerprint density at radius 1 is 0.567 bits per heavy atom. The van der Waals surface area contributed by atoms with Crippen molar-refractivity contribution in [1.82, 2.24) is 19.1 Å². The molecule has 0 saturated carbocycles. The normalized spacial score (nSPS) is 29.7. The fourth-order valence-corrected chi connectivity index (χ4v) is 14.8. The Morgan fingerprint density at radius 3 is 1.33 bits per heavy atom. The van der Waals surface area contributed by atoms with E-state index in [-0.39, 0.29) is 277 Å². The molecule has 28 atom stereocenters. The molecular weight excluding hydrogens is 1820 g/mol. The Morgan fingerprint density at radius 2 is 0.948 bits per heavy atom. The molecule has 16 rings (SSSR count). The van der Waals surface area contributed by atoms with Crippen molar-refractivity contribution in [2.45, 2.75) is 286 Å². The van der Waals surface area contributed by atoms with Crippen LogP contribution in [0, 0.1) is 115 Å². The summed E-state index contributed by atoms with van der Waals surface area (Å²) in [5.41, 5.74) is 8.88. The zero-order valence-electron chi connectivity index (χ0n) is 77.7. The molecule has 13 aliphatic heterocycles. The minimum Gasteiger partial charge on any atom is -1.00 e. The number of H-pyrrole nitrogens is 1. The molecule has 0 aliphatic carbocycles. The molecule has 10 N–H and O–H groups in total. The van der Waals surface area contributed by atoms with Crippen LogP contribution in [0.5, 0.6) is 0 Å². The van der Waals surface area contributed by atoms with Gasteiger partial charge in [0.2, 0.25) is 18.1 Å². The summed E-state index contributed by atoms with van der Waals surface area (Å²) in [5.74, 6) is 13.3. The molecule has 47 heteroatoms. The van der Waals surface area contributed by atoms with Gasteiger partial charge >= 0.3 is 145 Å². The molecule has 2 aromatic heterocycles. The molecule has 0 spiro atoms. The van der Waals surface area contributed by atoms with Gasteiger partial charge in [-0.25, -0.2) is 9.36 Å². The number of nitrogens with two attached hydrogens (primary N) is 2. The topological polar surface area (TPSA) is 576 Å². The van der Waals surface area contributed by atoms with Gasteiger partial charge < -0.3 is 156 Å². The number of aliphatic hydroxyl groups excluding tert-OH is 4. The number of anilines is 1. The van der Waals surface area contributed by atoms with Crippen molar-refractivity contribution in [1.29, 1.82) is 0 Å². The number of carbonyl (C=O) groups is 5. The number of hydrogen-bond acceptors (Lipinski definition) is 39. The van der Waals surface area contributed by atoms with Gasteiger partial charge in [0.15, 0.2) is 88.9 Å². The summed E-state index contributed by atoms with van der Waals surface area (Å²) in [7, 11) is 1.00. The Labute approximate surface area is 874 Å². The first kappa shape index (κ1) is 122. The first-order valence-corrected chi connectivity index (χ1v) is 41.6. The van der Waals surface area contributed by atoms with Crippen molar-refractivity contribution in [3.63, 3.8) is 0 Å². The molecule has 1 amide bonds. The fraction of sp³-hybridized carbons (Fsp3) is 0.655. The summed E-state index contributed by atoms with van der Waals surface area (Å²) in [6.07, 6.45) is 40.0. The van der Waals surface area contributed by atoms with Crippen LogP contribution < -0.4 is 155 Å². The van der Waals surface area contributed by atoms with Gasteiger partial charge in [0, 0.05) is 137 Å². The van der Waals surface area contributed by atoms with E-state index in [1.807, 2.05) is 13.8 Å². The predicted octanol–water partition coefficient (Wildman–Crippen LogP) is -8.27. The number of fused-ring (bicyclic) bond motifs is 6.